The zero-order chi connectivity index (χ0) is 16.5. The van der Waals surface area contributed by atoms with Gasteiger partial charge in [0.15, 0.2) is 5.96 Å². The van der Waals surface area contributed by atoms with Crippen molar-refractivity contribution >= 4 is 5.96 Å². The number of hydrogen-bond donors (Lipinski definition) is 0. The second-order valence-electron chi connectivity index (χ2n) is 5.71. The van der Waals surface area contributed by atoms with Crippen LogP contribution in [0.4, 0.5) is 0 Å². The second kappa shape index (κ2) is 9.30. The van der Waals surface area contributed by atoms with Crippen LogP contribution in [0.1, 0.15) is 17.5 Å². The van der Waals surface area contributed by atoms with Gasteiger partial charge >= 0.3 is 0 Å². The lowest BCUT2D eigenvalue weighted by atomic mass is 10.1. The Bertz CT molecular complexity index is 475. The van der Waals surface area contributed by atoms with Crippen molar-refractivity contribution in [3.05, 3.63) is 29.3 Å². The lowest BCUT2D eigenvalue weighted by Gasteiger charge is -2.23. The minimum absolute atomic E-state index is 0.603. The van der Waals surface area contributed by atoms with Gasteiger partial charge in [0.05, 0.1) is 13.2 Å². The molecule has 0 unspecified atom stereocenters. The molecule has 1 aromatic carbocycles. The van der Waals surface area contributed by atoms with Crippen molar-refractivity contribution < 1.29 is 9.47 Å². The van der Waals surface area contributed by atoms with Crippen LogP contribution in [0.5, 0.6) is 5.75 Å². The topological polar surface area (TPSA) is 37.3 Å². The molecule has 1 rings (SSSR count). The van der Waals surface area contributed by atoms with E-state index in [-0.39, 0.29) is 0 Å². The molecule has 0 aliphatic carbocycles. The number of benzene rings is 1. The molecule has 0 heterocycles. The van der Waals surface area contributed by atoms with Crippen LogP contribution in [-0.4, -0.2) is 64.3 Å². The summed E-state index contributed by atoms with van der Waals surface area (Å²) in [5.74, 6) is 1.85. The first-order valence-electron chi connectivity index (χ1n) is 7.56. The largest absolute Gasteiger partial charge is 0.493 e. The van der Waals surface area contributed by atoms with Crippen molar-refractivity contribution in [2.45, 2.75) is 19.9 Å². The van der Waals surface area contributed by atoms with Crippen LogP contribution in [0.15, 0.2) is 23.2 Å². The minimum atomic E-state index is 0.603. The molecule has 0 amide bonds. The van der Waals surface area contributed by atoms with Crippen molar-refractivity contribution in [2.24, 2.45) is 4.99 Å². The normalized spacial score (nSPS) is 10.3. The minimum Gasteiger partial charge on any atom is -0.493 e. The van der Waals surface area contributed by atoms with E-state index in [1.54, 1.807) is 7.11 Å². The van der Waals surface area contributed by atoms with E-state index >= 15 is 0 Å². The van der Waals surface area contributed by atoms with E-state index < -0.39 is 0 Å². The molecule has 0 N–H and O–H groups in total. The summed E-state index contributed by atoms with van der Waals surface area (Å²) in [5, 5.41) is 0. The highest BCUT2D eigenvalue weighted by Gasteiger charge is 2.07. The van der Waals surface area contributed by atoms with Gasteiger partial charge in [0.1, 0.15) is 5.75 Å². The lowest BCUT2D eigenvalue weighted by molar-refractivity contribution is 0.172. The number of aliphatic imine (C=N–C) groups is 1. The zero-order valence-corrected chi connectivity index (χ0v) is 14.7. The molecule has 0 radical (unpaired) electrons. The summed E-state index contributed by atoms with van der Waals surface area (Å²) in [5.41, 5.74) is 2.29. The molecule has 0 fully saturated rings. The van der Waals surface area contributed by atoms with Gasteiger partial charge < -0.3 is 19.3 Å². The molecule has 5 nitrogen and oxygen atoms in total. The Balaban J connectivity index is 2.82. The van der Waals surface area contributed by atoms with Gasteiger partial charge in [-0.2, -0.15) is 0 Å². The van der Waals surface area contributed by atoms with E-state index in [1.165, 1.54) is 5.56 Å². The third-order valence-corrected chi connectivity index (χ3v) is 3.16. The Labute approximate surface area is 134 Å². The molecule has 0 aliphatic rings. The van der Waals surface area contributed by atoms with Gasteiger partial charge in [-0.15, -0.1) is 0 Å². The second-order valence-corrected chi connectivity index (χ2v) is 5.71. The predicted octanol–water partition coefficient (Wildman–Crippen LogP) is 2.39. The van der Waals surface area contributed by atoms with E-state index in [0.717, 1.165) is 23.7 Å². The van der Waals surface area contributed by atoms with Crippen molar-refractivity contribution in [3.8, 4) is 5.75 Å². The number of nitrogens with zero attached hydrogens (tertiary/aromatic N) is 3. The van der Waals surface area contributed by atoms with Crippen LogP contribution in [0.25, 0.3) is 0 Å². The highest BCUT2D eigenvalue weighted by molar-refractivity contribution is 5.79. The molecule has 1 aromatic rings. The van der Waals surface area contributed by atoms with Crippen molar-refractivity contribution in [1.82, 2.24) is 9.80 Å². The molecule has 22 heavy (non-hydrogen) atoms. The van der Waals surface area contributed by atoms with Crippen LogP contribution < -0.4 is 4.74 Å². The van der Waals surface area contributed by atoms with Crippen molar-refractivity contribution in [1.29, 1.82) is 0 Å². The first kappa shape index (κ1) is 18.3. The van der Waals surface area contributed by atoms with Gasteiger partial charge in [0, 0.05) is 53.9 Å². The van der Waals surface area contributed by atoms with E-state index in [4.69, 9.17) is 14.5 Å². The molecule has 0 saturated carbocycles. The SMILES string of the molecule is COCCCOc1cc(C)ccc1CN=C(N(C)C)N(C)C. The fraction of sp³-hybridized carbons (Fsp3) is 0.588. The number of guanidine groups is 1. The zero-order valence-electron chi connectivity index (χ0n) is 14.7. The number of aryl methyl sites for hydroxylation is 1. The standard InChI is InChI=1S/C17H29N3O2/c1-14-8-9-15(13-18-17(19(2)3)20(4)5)16(12-14)22-11-7-10-21-6/h8-9,12H,7,10-11,13H2,1-6H3. The summed E-state index contributed by atoms with van der Waals surface area (Å²) >= 11 is 0. The smallest absolute Gasteiger partial charge is 0.195 e. The summed E-state index contributed by atoms with van der Waals surface area (Å²) < 4.78 is 10.9. The average molecular weight is 307 g/mol. The van der Waals surface area contributed by atoms with Crippen LogP contribution in [0.3, 0.4) is 0 Å². The molecule has 0 bridgehead atoms. The molecule has 0 spiro atoms. The van der Waals surface area contributed by atoms with Gasteiger partial charge in [0.2, 0.25) is 0 Å². The Morgan fingerprint density at radius 1 is 1.09 bits per heavy atom. The van der Waals surface area contributed by atoms with E-state index in [2.05, 4.69) is 25.1 Å². The average Bonchev–Trinajstić information content (AvgIpc) is 2.45. The van der Waals surface area contributed by atoms with E-state index in [0.29, 0.717) is 19.8 Å². The fourth-order valence-corrected chi connectivity index (χ4v) is 2.15. The lowest BCUT2D eigenvalue weighted by Crippen LogP contribution is -2.35. The van der Waals surface area contributed by atoms with Crippen molar-refractivity contribution in [3.63, 3.8) is 0 Å². The van der Waals surface area contributed by atoms with E-state index in [9.17, 15) is 0 Å². The summed E-state index contributed by atoms with van der Waals surface area (Å²) in [4.78, 5) is 8.71. The maximum Gasteiger partial charge on any atom is 0.195 e. The molecular formula is C17H29N3O2. The molecule has 5 heteroatoms. The molecular weight excluding hydrogens is 278 g/mol. The molecule has 0 aromatic heterocycles. The molecule has 124 valence electrons. The number of ether oxygens (including phenoxy) is 2. The Morgan fingerprint density at radius 2 is 1.77 bits per heavy atom. The monoisotopic (exact) mass is 307 g/mol. The van der Waals surface area contributed by atoms with Crippen LogP contribution >= 0.6 is 0 Å². The third kappa shape index (κ3) is 5.93. The van der Waals surface area contributed by atoms with Crippen molar-refractivity contribution in [2.75, 3.05) is 48.5 Å². The van der Waals surface area contributed by atoms with E-state index in [1.807, 2.05) is 38.0 Å². The molecule has 0 atom stereocenters. The summed E-state index contributed by atoms with van der Waals surface area (Å²) in [6.07, 6.45) is 0.883. The Kier molecular flexibility index (Phi) is 7.74. The summed E-state index contributed by atoms with van der Waals surface area (Å²) in [6.45, 7) is 4.04. The summed E-state index contributed by atoms with van der Waals surface area (Å²) in [6, 6.07) is 6.26. The van der Waals surface area contributed by atoms with Crippen LogP contribution in [-0.2, 0) is 11.3 Å². The Hall–Kier alpha value is -1.75. The van der Waals surface area contributed by atoms with Gasteiger partial charge in [-0.05, 0) is 18.6 Å². The third-order valence-electron chi connectivity index (χ3n) is 3.16. The number of rotatable bonds is 7. The highest BCUT2D eigenvalue weighted by atomic mass is 16.5. The van der Waals surface area contributed by atoms with Gasteiger partial charge in [0.25, 0.3) is 0 Å². The van der Waals surface area contributed by atoms with Gasteiger partial charge in [-0.3, -0.25) is 0 Å². The first-order valence-corrected chi connectivity index (χ1v) is 7.56. The summed E-state index contributed by atoms with van der Waals surface area (Å²) in [7, 11) is 9.69. The number of methoxy groups -OCH3 is 1. The maximum absolute atomic E-state index is 5.90. The first-order chi connectivity index (χ1) is 10.5. The fourth-order valence-electron chi connectivity index (χ4n) is 2.15. The Morgan fingerprint density at radius 3 is 2.36 bits per heavy atom. The highest BCUT2D eigenvalue weighted by Crippen LogP contribution is 2.21. The molecule has 0 aliphatic heterocycles. The van der Waals surface area contributed by atoms with Crippen LogP contribution in [0, 0.1) is 6.92 Å². The van der Waals surface area contributed by atoms with Gasteiger partial charge in [-0.1, -0.05) is 12.1 Å². The maximum atomic E-state index is 5.90. The van der Waals surface area contributed by atoms with Crippen LogP contribution in [0.2, 0.25) is 0 Å². The van der Waals surface area contributed by atoms with Gasteiger partial charge in [-0.25, -0.2) is 4.99 Å². The quantitative estimate of drug-likeness (QED) is 0.440. The molecule has 0 saturated heterocycles. The number of hydrogen-bond acceptors (Lipinski definition) is 3. The predicted molar refractivity (Wildman–Crippen MR) is 91.7 cm³/mol.